The Balaban J connectivity index is 1.23. The molecule has 28 heavy (non-hydrogen) atoms. The first-order valence-electron chi connectivity index (χ1n) is 10.0. The van der Waals surface area contributed by atoms with E-state index in [9.17, 15) is 0 Å². The Bertz CT molecular complexity index is 876. The summed E-state index contributed by atoms with van der Waals surface area (Å²) in [6.07, 6.45) is 1.95. The predicted octanol–water partition coefficient (Wildman–Crippen LogP) is 2.89. The number of nitrogens with zero attached hydrogens (tertiary/aromatic N) is 4. The van der Waals surface area contributed by atoms with E-state index in [-0.39, 0.29) is 0 Å². The van der Waals surface area contributed by atoms with E-state index in [4.69, 9.17) is 0 Å². The van der Waals surface area contributed by atoms with Gasteiger partial charge >= 0.3 is 0 Å². The SMILES string of the molecule is CN=C(NCCCc1nc2ccccc2[nH]1)N1CCN(c2ccccc2)CC1. The van der Waals surface area contributed by atoms with Crippen LogP contribution in [0.3, 0.4) is 0 Å². The summed E-state index contributed by atoms with van der Waals surface area (Å²) in [6.45, 7) is 4.90. The molecule has 1 aromatic heterocycles. The molecular formula is C22H28N6. The monoisotopic (exact) mass is 376 g/mol. The summed E-state index contributed by atoms with van der Waals surface area (Å²) in [7, 11) is 1.87. The van der Waals surface area contributed by atoms with Crippen LogP contribution in [0.15, 0.2) is 59.6 Å². The lowest BCUT2D eigenvalue weighted by Gasteiger charge is -2.37. The Labute approximate surface area is 166 Å². The number of anilines is 1. The standard InChI is InChI=1S/C22H28N6/c1-23-22(28-16-14-27(15-17-28)18-8-3-2-4-9-18)24-13-7-12-21-25-19-10-5-6-11-20(19)26-21/h2-6,8-11H,7,12-17H2,1H3,(H,23,24)(H,25,26). The van der Waals surface area contributed by atoms with Gasteiger partial charge in [-0.25, -0.2) is 4.98 Å². The number of aromatic nitrogens is 2. The van der Waals surface area contributed by atoms with Crippen LogP contribution < -0.4 is 10.2 Å². The van der Waals surface area contributed by atoms with Crippen molar-refractivity contribution in [2.75, 3.05) is 44.7 Å². The number of para-hydroxylation sites is 3. The van der Waals surface area contributed by atoms with Gasteiger partial charge in [0.05, 0.1) is 11.0 Å². The van der Waals surface area contributed by atoms with Crippen LogP contribution in [-0.4, -0.2) is 60.6 Å². The number of benzene rings is 2. The second-order valence-electron chi connectivity index (χ2n) is 7.09. The van der Waals surface area contributed by atoms with Crippen LogP contribution in [0.2, 0.25) is 0 Å². The number of piperazine rings is 1. The number of imidazole rings is 1. The predicted molar refractivity (Wildman–Crippen MR) is 116 cm³/mol. The summed E-state index contributed by atoms with van der Waals surface area (Å²) >= 11 is 0. The molecule has 0 aliphatic carbocycles. The van der Waals surface area contributed by atoms with E-state index in [0.717, 1.165) is 68.4 Å². The molecule has 3 aromatic rings. The summed E-state index contributed by atoms with van der Waals surface area (Å²) in [5.41, 5.74) is 3.45. The number of guanidine groups is 1. The van der Waals surface area contributed by atoms with E-state index in [2.05, 4.69) is 66.5 Å². The molecule has 0 amide bonds. The fraction of sp³-hybridized carbons (Fsp3) is 0.364. The lowest BCUT2D eigenvalue weighted by Crippen LogP contribution is -2.52. The minimum absolute atomic E-state index is 0.891. The zero-order valence-corrected chi connectivity index (χ0v) is 16.4. The van der Waals surface area contributed by atoms with Crippen molar-refractivity contribution in [3.8, 4) is 0 Å². The van der Waals surface area contributed by atoms with Gasteiger partial charge < -0.3 is 20.1 Å². The molecule has 2 aromatic carbocycles. The fourth-order valence-electron chi connectivity index (χ4n) is 3.73. The number of nitrogens with one attached hydrogen (secondary N) is 2. The lowest BCUT2D eigenvalue weighted by atomic mass is 10.2. The highest BCUT2D eigenvalue weighted by molar-refractivity contribution is 5.80. The number of H-pyrrole nitrogens is 1. The van der Waals surface area contributed by atoms with Gasteiger partial charge in [-0.05, 0) is 30.7 Å². The number of aromatic amines is 1. The smallest absolute Gasteiger partial charge is 0.193 e. The average Bonchev–Trinajstić information content (AvgIpc) is 3.17. The largest absolute Gasteiger partial charge is 0.368 e. The highest BCUT2D eigenvalue weighted by Gasteiger charge is 2.19. The highest BCUT2D eigenvalue weighted by atomic mass is 15.3. The maximum absolute atomic E-state index is 4.65. The molecule has 2 N–H and O–H groups in total. The second kappa shape index (κ2) is 8.78. The lowest BCUT2D eigenvalue weighted by molar-refractivity contribution is 0.372. The van der Waals surface area contributed by atoms with Crippen molar-refractivity contribution in [1.29, 1.82) is 0 Å². The van der Waals surface area contributed by atoms with Crippen LogP contribution in [0.25, 0.3) is 11.0 Å². The minimum Gasteiger partial charge on any atom is -0.368 e. The van der Waals surface area contributed by atoms with Gasteiger partial charge in [-0.1, -0.05) is 30.3 Å². The molecule has 2 heterocycles. The third kappa shape index (κ3) is 4.27. The molecule has 146 valence electrons. The molecule has 0 spiro atoms. The van der Waals surface area contributed by atoms with E-state index in [1.807, 2.05) is 25.2 Å². The number of aliphatic imine (C=N–C) groups is 1. The Kier molecular flexibility index (Phi) is 5.75. The molecule has 0 radical (unpaired) electrons. The van der Waals surface area contributed by atoms with Gasteiger partial charge in [0.2, 0.25) is 0 Å². The van der Waals surface area contributed by atoms with Crippen molar-refractivity contribution in [1.82, 2.24) is 20.2 Å². The molecule has 0 atom stereocenters. The number of hydrogen-bond donors (Lipinski definition) is 2. The normalized spacial score (nSPS) is 15.2. The Morgan fingerprint density at radius 3 is 2.54 bits per heavy atom. The van der Waals surface area contributed by atoms with E-state index in [1.165, 1.54) is 5.69 Å². The van der Waals surface area contributed by atoms with Gasteiger partial charge in [-0.2, -0.15) is 0 Å². The van der Waals surface area contributed by atoms with E-state index < -0.39 is 0 Å². The molecule has 0 saturated carbocycles. The maximum atomic E-state index is 4.65. The van der Waals surface area contributed by atoms with Crippen LogP contribution >= 0.6 is 0 Å². The fourth-order valence-corrected chi connectivity index (χ4v) is 3.73. The molecule has 6 heteroatoms. The summed E-state index contributed by atoms with van der Waals surface area (Å²) in [5.74, 6) is 2.05. The highest BCUT2D eigenvalue weighted by Crippen LogP contribution is 2.15. The molecule has 4 rings (SSSR count). The van der Waals surface area contributed by atoms with E-state index >= 15 is 0 Å². The second-order valence-corrected chi connectivity index (χ2v) is 7.09. The number of fused-ring (bicyclic) bond motifs is 1. The summed E-state index contributed by atoms with van der Waals surface area (Å²) in [4.78, 5) is 17.3. The maximum Gasteiger partial charge on any atom is 0.193 e. The average molecular weight is 377 g/mol. The van der Waals surface area contributed by atoms with Gasteiger partial charge in [-0.3, -0.25) is 4.99 Å². The molecule has 1 fully saturated rings. The Morgan fingerprint density at radius 2 is 1.79 bits per heavy atom. The number of rotatable bonds is 5. The van der Waals surface area contributed by atoms with Crippen molar-refractivity contribution in [3.63, 3.8) is 0 Å². The van der Waals surface area contributed by atoms with Crippen LogP contribution in [0, 0.1) is 0 Å². The van der Waals surface area contributed by atoms with Crippen LogP contribution in [0.4, 0.5) is 5.69 Å². The topological polar surface area (TPSA) is 59.6 Å². The first kappa shape index (κ1) is 18.3. The number of aryl methyl sites for hydroxylation is 1. The first-order chi connectivity index (χ1) is 13.8. The molecule has 1 aliphatic rings. The van der Waals surface area contributed by atoms with Crippen LogP contribution in [0.1, 0.15) is 12.2 Å². The first-order valence-corrected chi connectivity index (χ1v) is 10.0. The Morgan fingerprint density at radius 1 is 1.04 bits per heavy atom. The van der Waals surface area contributed by atoms with Crippen LogP contribution in [0.5, 0.6) is 0 Å². The third-order valence-electron chi connectivity index (χ3n) is 5.22. The van der Waals surface area contributed by atoms with Gasteiger partial charge in [0.25, 0.3) is 0 Å². The van der Waals surface area contributed by atoms with Gasteiger partial charge in [0.15, 0.2) is 5.96 Å². The Hall–Kier alpha value is -3.02. The zero-order valence-electron chi connectivity index (χ0n) is 16.4. The van der Waals surface area contributed by atoms with Gasteiger partial charge in [0.1, 0.15) is 5.82 Å². The molecule has 0 unspecified atom stereocenters. The van der Waals surface area contributed by atoms with Crippen molar-refractivity contribution in [3.05, 3.63) is 60.4 Å². The van der Waals surface area contributed by atoms with Crippen molar-refractivity contribution in [2.45, 2.75) is 12.8 Å². The van der Waals surface area contributed by atoms with E-state index in [1.54, 1.807) is 0 Å². The van der Waals surface area contributed by atoms with Gasteiger partial charge in [-0.15, -0.1) is 0 Å². The minimum atomic E-state index is 0.891. The molecule has 1 saturated heterocycles. The zero-order chi connectivity index (χ0) is 19.2. The summed E-state index contributed by atoms with van der Waals surface area (Å²) < 4.78 is 0. The molecule has 6 nitrogen and oxygen atoms in total. The van der Waals surface area contributed by atoms with Crippen molar-refractivity contribution >= 4 is 22.7 Å². The van der Waals surface area contributed by atoms with Crippen LogP contribution in [-0.2, 0) is 6.42 Å². The molecular weight excluding hydrogens is 348 g/mol. The summed E-state index contributed by atoms with van der Waals surface area (Å²) in [6, 6.07) is 18.8. The molecule has 1 aliphatic heterocycles. The number of hydrogen-bond acceptors (Lipinski definition) is 3. The van der Waals surface area contributed by atoms with Crippen molar-refractivity contribution in [2.24, 2.45) is 4.99 Å². The molecule has 0 bridgehead atoms. The third-order valence-corrected chi connectivity index (χ3v) is 5.22. The van der Waals surface area contributed by atoms with Crippen molar-refractivity contribution < 1.29 is 0 Å². The van der Waals surface area contributed by atoms with E-state index in [0.29, 0.717) is 0 Å². The quantitative estimate of drug-likeness (QED) is 0.408. The van der Waals surface area contributed by atoms with Gasteiger partial charge in [0, 0.05) is 51.9 Å². The summed E-state index contributed by atoms with van der Waals surface area (Å²) in [5, 5.41) is 3.51.